The van der Waals surface area contributed by atoms with E-state index in [2.05, 4.69) is 36.8 Å². The maximum atomic E-state index is 11.6. The van der Waals surface area contributed by atoms with Crippen molar-refractivity contribution in [2.24, 2.45) is 0 Å². The average Bonchev–Trinajstić information content (AvgIpc) is 2.46. The zero-order valence-corrected chi connectivity index (χ0v) is 13.4. The van der Waals surface area contributed by atoms with Crippen molar-refractivity contribution >= 4 is 37.8 Å². The van der Waals surface area contributed by atoms with Gasteiger partial charge in [-0.05, 0) is 24.3 Å². The van der Waals surface area contributed by atoms with Crippen LogP contribution in [0.2, 0.25) is 0 Å². The lowest BCUT2D eigenvalue weighted by Gasteiger charge is -2.07. The SMILES string of the molecule is COC(=O)c1ccc(-c2ccc(Br)cc2)nc1CBr. The third-order valence-electron chi connectivity index (χ3n) is 2.65. The molecule has 1 heterocycles. The van der Waals surface area contributed by atoms with E-state index in [1.807, 2.05) is 30.3 Å². The summed E-state index contributed by atoms with van der Waals surface area (Å²) in [5, 5.41) is 0.502. The lowest BCUT2D eigenvalue weighted by Crippen LogP contribution is -2.07. The number of carbonyl (C=O) groups excluding carboxylic acids is 1. The quantitative estimate of drug-likeness (QED) is 0.588. The molecule has 0 atom stereocenters. The second kappa shape index (κ2) is 6.30. The largest absolute Gasteiger partial charge is 0.465 e. The molecule has 0 spiro atoms. The van der Waals surface area contributed by atoms with Crippen LogP contribution in [0.15, 0.2) is 40.9 Å². The van der Waals surface area contributed by atoms with Gasteiger partial charge in [-0.25, -0.2) is 4.79 Å². The Labute approximate surface area is 128 Å². The molecule has 0 bridgehead atoms. The predicted octanol–water partition coefficient (Wildman–Crippen LogP) is 4.19. The van der Waals surface area contributed by atoms with Gasteiger partial charge in [-0.2, -0.15) is 0 Å². The van der Waals surface area contributed by atoms with Gasteiger partial charge >= 0.3 is 5.97 Å². The lowest BCUT2D eigenvalue weighted by molar-refractivity contribution is 0.0599. The number of nitrogens with zero attached hydrogens (tertiary/aromatic N) is 1. The van der Waals surface area contributed by atoms with Gasteiger partial charge in [0.2, 0.25) is 0 Å². The fourth-order valence-electron chi connectivity index (χ4n) is 1.68. The molecule has 0 unspecified atom stereocenters. The first-order valence-electron chi connectivity index (χ1n) is 5.56. The molecule has 0 amide bonds. The molecule has 0 aliphatic carbocycles. The summed E-state index contributed by atoms with van der Waals surface area (Å²) in [7, 11) is 1.36. The van der Waals surface area contributed by atoms with Crippen LogP contribution in [-0.4, -0.2) is 18.1 Å². The molecule has 0 saturated carbocycles. The number of alkyl halides is 1. The number of aromatic nitrogens is 1. The summed E-state index contributed by atoms with van der Waals surface area (Å²) in [5.74, 6) is -0.371. The first kappa shape index (κ1) is 14.2. The zero-order valence-electron chi connectivity index (χ0n) is 10.2. The standard InChI is InChI=1S/C14H11Br2NO2/c1-19-14(18)11-6-7-12(17-13(11)8-15)9-2-4-10(16)5-3-9/h2-7H,8H2,1H3. The van der Waals surface area contributed by atoms with E-state index in [9.17, 15) is 4.79 Å². The van der Waals surface area contributed by atoms with Crippen molar-refractivity contribution in [2.75, 3.05) is 7.11 Å². The topological polar surface area (TPSA) is 39.2 Å². The maximum Gasteiger partial charge on any atom is 0.339 e. The highest BCUT2D eigenvalue weighted by Crippen LogP contribution is 2.22. The number of pyridine rings is 1. The third-order valence-corrected chi connectivity index (χ3v) is 3.71. The van der Waals surface area contributed by atoms with Gasteiger partial charge < -0.3 is 4.74 Å². The highest BCUT2D eigenvalue weighted by Gasteiger charge is 2.13. The van der Waals surface area contributed by atoms with Crippen LogP contribution in [0, 0.1) is 0 Å². The molecule has 0 fully saturated rings. The molecule has 0 aliphatic heterocycles. The summed E-state index contributed by atoms with van der Waals surface area (Å²) in [6.07, 6.45) is 0. The summed E-state index contributed by atoms with van der Waals surface area (Å²) < 4.78 is 5.75. The molecule has 0 N–H and O–H groups in total. The van der Waals surface area contributed by atoms with E-state index in [0.717, 1.165) is 15.7 Å². The summed E-state index contributed by atoms with van der Waals surface area (Å²) in [4.78, 5) is 16.1. The first-order chi connectivity index (χ1) is 9.15. The molecule has 0 aliphatic rings. The van der Waals surface area contributed by atoms with Crippen molar-refractivity contribution in [1.82, 2.24) is 4.98 Å². The highest BCUT2D eigenvalue weighted by atomic mass is 79.9. The number of carbonyl (C=O) groups is 1. The van der Waals surface area contributed by atoms with Gasteiger partial charge in [0.05, 0.1) is 24.1 Å². The molecule has 2 aromatic rings. The highest BCUT2D eigenvalue weighted by molar-refractivity contribution is 9.10. The molecule has 2 rings (SSSR count). The first-order valence-corrected chi connectivity index (χ1v) is 7.47. The summed E-state index contributed by atoms with van der Waals surface area (Å²) in [5.41, 5.74) is 2.99. The Balaban J connectivity index is 2.44. The Hall–Kier alpha value is -1.20. The number of ether oxygens (including phenoxy) is 1. The Kier molecular flexibility index (Phi) is 4.71. The van der Waals surface area contributed by atoms with Gasteiger partial charge in [-0.15, -0.1) is 0 Å². The fraction of sp³-hybridized carbons (Fsp3) is 0.143. The van der Waals surface area contributed by atoms with E-state index < -0.39 is 0 Å². The smallest absolute Gasteiger partial charge is 0.339 e. The number of hydrogen-bond donors (Lipinski definition) is 0. The van der Waals surface area contributed by atoms with E-state index in [0.29, 0.717) is 16.6 Å². The van der Waals surface area contributed by atoms with Gasteiger partial charge in [-0.1, -0.05) is 44.0 Å². The van der Waals surface area contributed by atoms with E-state index in [-0.39, 0.29) is 5.97 Å². The van der Waals surface area contributed by atoms with Gasteiger partial charge in [0, 0.05) is 15.4 Å². The van der Waals surface area contributed by atoms with Crippen LogP contribution >= 0.6 is 31.9 Å². The van der Waals surface area contributed by atoms with Crippen molar-refractivity contribution in [2.45, 2.75) is 5.33 Å². The Morgan fingerprint density at radius 2 is 1.89 bits per heavy atom. The molecular weight excluding hydrogens is 374 g/mol. The van der Waals surface area contributed by atoms with Crippen LogP contribution in [0.1, 0.15) is 16.1 Å². The molecule has 0 radical (unpaired) electrons. The summed E-state index contributed by atoms with van der Waals surface area (Å²) in [6.45, 7) is 0. The van der Waals surface area contributed by atoms with Gasteiger partial charge in [0.25, 0.3) is 0 Å². The number of esters is 1. The minimum atomic E-state index is -0.371. The molecule has 1 aromatic carbocycles. The Morgan fingerprint density at radius 3 is 2.47 bits per heavy atom. The Morgan fingerprint density at radius 1 is 1.21 bits per heavy atom. The van der Waals surface area contributed by atoms with Gasteiger partial charge in [0.1, 0.15) is 0 Å². The van der Waals surface area contributed by atoms with E-state index in [1.165, 1.54) is 7.11 Å². The van der Waals surface area contributed by atoms with Gasteiger partial charge in [0.15, 0.2) is 0 Å². The van der Waals surface area contributed by atoms with Crippen molar-refractivity contribution in [3.63, 3.8) is 0 Å². The normalized spacial score (nSPS) is 10.3. The minimum Gasteiger partial charge on any atom is -0.465 e. The van der Waals surface area contributed by atoms with Gasteiger partial charge in [-0.3, -0.25) is 4.98 Å². The van der Waals surface area contributed by atoms with Crippen molar-refractivity contribution in [3.05, 3.63) is 52.1 Å². The van der Waals surface area contributed by atoms with Crippen LogP contribution in [0.4, 0.5) is 0 Å². The number of benzene rings is 1. The van der Waals surface area contributed by atoms with Crippen LogP contribution in [0.25, 0.3) is 11.3 Å². The van der Waals surface area contributed by atoms with Crippen LogP contribution in [0.5, 0.6) is 0 Å². The van der Waals surface area contributed by atoms with E-state index in [4.69, 9.17) is 4.74 Å². The monoisotopic (exact) mass is 383 g/mol. The second-order valence-electron chi connectivity index (χ2n) is 3.82. The van der Waals surface area contributed by atoms with Crippen molar-refractivity contribution in [1.29, 1.82) is 0 Å². The Bertz CT molecular complexity index is 597. The van der Waals surface area contributed by atoms with Crippen LogP contribution in [-0.2, 0) is 10.1 Å². The van der Waals surface area contributed by atoms with E-state index >= 15 is 0 Å². The zero-order chi connectivity index (χ0) is 13.8. The maximum absolute atomic E-state index is 11.6. The minimum absolute atomic E-state index is 0.371. The molecule has 5 heteroatoms. The molecule has 1 aromatic heterocycles. The molecule has 19 heavy (non-hydrogen) atoms. The molecule has 3 nitrogen and oxygen atoms in total. The molecular formula is C14H11Br2NO2. The van der Waals surface area contributed by atoms with Crippen LogP contribution < -0.4 is 0 Å². The summed E-state index contributed by atoms with van der Waals surface area (Å²) in [6, 6.07) is 11.4. The van der Waals surface area contributed by atoms with Crippen molar-refractivity contribution < 1.29 is 9.53 Å². The van der Waals surface area contributed by atoms with E-state index in [1.54, 1.807) is 6.07 Å². The average molecular weight is 385 g/mol. The number of methoxy groups -OCH3 is 1. The molecule has 0 saturated heterocycles. The molecule has 98 valence electrons. The fourth-order valence-corrected chi connectivity index (χ4v) is 2.37. The summed E-state index contributed by atoms with van der Waals surface area (Å²) >= 11 is 6.74. The third kappa shape index (κ3) is 3.22. The predicted molar refractivity (Wildman–Crippen MR) is 81.3 cm³/mol. The van der Waals surface area contributed by atoms with Crippen LogP contribution in [0.3, 0.4) is 0 Å². The lowest BCUT2D eigenvalue weighted by atomic mass is 10.1. The second-order valence-corrected chi connectivity index (χ2v) is 5.30. The number of rotatable bonds is 3. The number of hydrogen-bond acceptors (Lipinski definition) is 3. The number of halogens is 2. The van der Waals surface area contributed by atoms with Crippen molar-refractivity contribution in [3.8, 4) is 11.3 Å².